The summed E-state index contributed by atoms with van der Waals surface area (Å²) in [7, 11) is 0. The normalized spacial score (nSPS) is 10.9. The summed E-state index contributed by atoms with van der Waals surface area (Å²) < 4.78 is 1.84. The van der Waals surface area contributed by atoms with E-state index < -0.39 is 0 Å². The van der Waals surface area contributed by atoms with Gasteiger partial charge in [-0.3, -0.25) is 0 Å². The number of hydrogen-bond acceptors (Lipinski definition) is 3. The Morgan fingerprint density at radius 1 is 1.25 bits per heavy atom. The fraction of sp³-hybridized carbons (Fsp3) is 0.200. The Kier molecular flexibility index (Phi) is 3.56. The third kappa shape index (κ3) is 2.75. The second-order valence-electron chi connectivity index (χ2n) is 4.69. The highest BCUT2D eigenvalue weighted by Gasteiger charge is 2.04. The van der Waals surface area contributed by atoms with Crippen LogP contribution in [0, 0.1) is 6.92 Å². The molecule has 102 valence electrons. The summed E-state index contributed by atoms with van der Waals surface area (Å²) in [5.41, 5.74) is 3.23. The molecule has 2 heterocycles. The summed E-state index contributed by atoms with van der Waals surface area (Å²) in [6, 6.07) is 9.94. The van der Waals surface area contributed by atoms with E-state index in [-0.39, 0.29) is 0 Å². The highest BCUT2D eigenvalue weighted by Crippen LogP contribution is 2.15. The van der Waals surface area contributed by atoms with Crippen molar-refractivity contribution in [2.45, 2.75) is 13.3 Å². The first-order chi connectivity index (χ1) is 9.72. The molecule has 0 radical (unpaired) electrons. The molecular weight excluding hydrogens is 272 g/mol. The van der Waals surface area contributed by atoms with Crippen molar-refractivity contribution in [3.05, 3.63) is 59.0 Å². The van der Waals surface area contributed by atoms with Crippen LogP contribution in [-0.4, -0.2) is 21.1 Å². The largest absolute Gasteiger partial charge is 0.368 e. The number of nitrogens with zero attached hydrogens (tertiary/aromatic N) is 3. The van der Waals surface area contributed by atoms with Crippen molar-refractivity contribution in [2.75, 3.05) is 11.9 Å². The van der Waals surface area contributed by atoms with Crippen molar-refractivity contribution in [1.29, 1.82) is 0 Å². The lowest BCUT2D eigenvalue weighted by Crippen LogP contribution is -2.07. The van der Waals surface area contributed by atoms with Gasteiger partial charge in [-0.15, -0.1) is 0 Å². The van der Waals surface area contributed by atoms with E-state index in [2.05, 4.69) is 15.4 Å². The lowest BCUT2D eigenvalue weighted by molar-refractivity contribution is 0.917. The molecule has 0 saturated heterocycles. The molecule has 0 fully saturated rings. The van der Waals surface area contributed by atoms with Crippen molar-refractivity contribution in [3.63, 3.8) is 0 Å². The van der Waals surface area contributed by atoms with Crippen LogP contribution in [0.4, 0.5) is 5.82 Å². The third-order valence-electron chi connectivity index (χ3n) is 3.13. The number of benzene rings is 1. The molecule has 20 heavy (non-hydrogen) atoms. The molecule has 5 heteroatoms. The Labute approximate surface area is 122 Å². The zero-order chi connectivity index (χ0) is 13.9. The molecular formula is C15H15ClN4. The van der Waals surface area contributed by atoms with Crippen molar-refractivity contribution in [3.8, 4) is 0 Å². The van der Waals surface area contributed by atoms with Crippen LogP contribution in [0.5, 0.6) is 0 Å². The van der Waals surface area contributed by atoms with Crippen LogP contribution in [0.2, 0.25) is 5.02 Å². The van der Waals surface area contributed by atoms with Crippen LogP contribution in [-0.2, 0) is 6.42 Å². The van der Waals surface area contributed by atoms with E-state index in [1.807, 2.05) is 48.0 Å². The lowest BCUT2D eigenvalue weighted by Gasteiger charge is -2.07. The number of fused-ring (bicyclic) bond motifs is 1. The zero-order valence-corrected chi connectivity index (χ0v) is 11.9. The smallest absolute Gasteiger partial charge is 0.152 e. The molecule has 0 aliphatic heterocycles. The topological polar surface area (TPSA) is 42.2 Å². The van der Waals surface area contributed by atoms with Crippen LogP contribution in [0.25, 0.3) is 5.52 Å². The van der Waals surface area contributed by atoms with Crippen LogP contribution in [0.15, 0.2) is 42.7 Å². The molecule has 0 aliphatic carbocycles. The summed E-state index contributed by atoms with van der Waals surface area (Å²) in [5, 5.41) is 8.50. The minimum Gasteiger partial charge on any atom is -0.368 e. The molecule has 0 atom stereocenters. The van der Waals surface area contributed by atoms with E-state index in [4.69, 9.17) is 11.6 Å². The van der Waals surface area contributed by atoms with Gasteiger partial charge >= 0.3 is 0 Å². The second-order valence-corrected chi connectivity index (χ2v) is 5.13. The Bertz CT molecular complexity index is 718. The number of hydrogen-bond donors (Lipinski definition) is 1. The minimum atomic E-state index is 0.767. The molecule has 0 saturated carbocycles. The Morgan fingerprint density at radius 2 is 2.05 bits per heavy atom. The number of anilines is 1. The first-order valence-electron chi connectivity index (χ1n) is 6.52. The summed E-state index contributed by atoms with van der Waals surface area (Å²) >= 11 is 5.87. The van der Waals surface area contributed by atoms with Crippen molar-refractivity contribution >= 4 is 22.9 Å². The summed E-state index contributed by atoms with van der Waals surface area (Å²) in [6.07, 6.45) is 4.53. The van der Waals surface area contributed by atoms with E-state index in [0.29, 0.717) is 0 Å². The monoisotopic (exact) mass is 286 g/mol. The van der Waals surface area contributed by atoms with E-state index in [1.54, 1.807) is 6.20 Å². The number of rotatable bonds is 4. The number of nitrogens with one attached hydrogen (secondary N) is 1. The highest BCUT2D eigenvalue weighted by molar-refractivity contribution is 6.30. The first-order valence-corrected chi connectivity index (χ1v) is 6.89. The van der Waals surface area contributed by atoms with Gasteiger partial charge in [0.15, 0.2) is 5.82 Å². The Hall–Kier alpha value is -2.07. The molecule has 0 aliphatic rings. The Morgan fingerprint density at radius 3 is 2.85 bits per heavy atom. The van der Waals surface area contributed by atoms with Gasteiger partial charge in [-0.05, 0) is 37.1 Å². The van der Waals surface area contributed by atoms with Crippen molar-refractivity contribution in [2.24, 2.45) is 0 Å². The van der Waals surface area contributed by atoms with Gasteiger partial charge in [-0.1, -0.05) is 23.7 Å². The highest BCUT2D eigenvalue weighted by atomic mass is 35.5. The van der Waals surface area contributed by atoms with Gasteiger partial charge in [0.25, 0.3) is 0 Å². The van der Waals surface area contributed by atoms with Gasteiger partial charge in [0.2, 0.25) is 0 Å². The zero-order valence-electron chi connectivity index (χ0n) is 11.2. The van der Waals surface area contributed by atoms with Gasteiger partial charge in [-0.2, -0.15) is 5.10 Å². The van der Waals surface area contributed by atoms with Gasteiger partial charge in [-0.25, -0.2) is 9.50 Å². The lowest BCUT2D eigenvalue weighted by atomic mass is 10.1. The second kappa shape index (κ2) is 5.51. The Balaban J connectivity index is 1.69. The molecule has 3 aromatic rings. The number of halogens is 1. The van der Waals surface area contributed by atoms with E-state index in [9.17, 15) is 0 Å². The quantitative estimate of drug-likeness (QED) is 0.800. The molecule has 0 unspecified atom stereocenters. The summed E-state index contributed by atoms with van der Waals surface area (Å²) in [5.74, 6) is 0.863. The molecule has 1 N–H and O–H groups in total. The predicted molar refractivity (Wildman–Crippen MR) is 81.4 cm³/mol. The van der Waals surface area contributed by atoms with Crippen LogP contribution < -0.4 is 5.32 Å². The summed E-state index contributed by atoms with van der Waals surface area (Å²) in [6.45, 7) is 2.79. The van der Waals surface area contributed by atoms with Gasteiger partial charge in [0, 0.05) is 24.0 Å². The standard InChI is InChI=1S/C15H15ClN4/c1-11-10-14-15(18-8-9-20(14)19-11)17-7-6-12-2-4-13(16)5-3-12/h2-5,8-10H,6-7H2,1H3,(H,17,18). The minimum absolute atomic E-state index is 0.767. The van der Waals surface area contributed by atoms with E-state index in [0.717, 1.165) is 35.0 Å². The van der Waals surface area contributed by atoms with Gasteiger partial charge < -0.3 is 5.32 Å². The fourth-order valence-electron chi connectivity index (χ4n) is 2.16. The average molecular weight is 287 g/mol. The fourth-order valence-corrected chi connectivity index (χ4v) is 2.28. The maximum absolute atomic E-state index is 5.87. The van der Waals surface area contributed by atoms with Crippen LogP contribution in [0.3, 0.4) is 0 Å². The van der Waals surface area contributed by atoms with E-state index >= 15 is 0 Å². The average Bonchev–Trinajstić information content (AvgIpc) is 2.82. The maximum Gasteiger partial charge on any atom is 0.152 e. The maximum atomic E-state index is 5.87. The van der Waals surface area contributed by atoms with E-state index in [1.165, 1.54) is 5.56 Å². The van der Waals surface area contributed by atoms with Crippen molar-refractivity contribution < 1.29 is 0 Å². The third-order valence-corrected chi connectivity index (χ3v) is 3.38. The van der Waals surface area contributed by atoms with Gasteiger partial charge in [0.05, 0.1) is 5.69 Å². The van der Waals surface area contributed by atoms with Crippen LogP contribution in [0.1, 0.15) is 11.3 Å². The first kappa shape index (κ1) is 12.9. The van der Waals surface area contributed by atoms with Gasteiger partial charge in [0.1, 0.15) is 5.52 Å². The molecule has 0 bridgehead atoms. The molecule has 1 aromatic carbocycles. The van der Waals surface area contributed by atoms with Crippen LogP contribution >= 0.6 is 11.6 Å². The number of aromatic nitrogens is 3. The molecule has 4 nitrogen and oxygen atoms in total. The molecule has 3 rings (SSSR count). The molecule has 0 amide bonds. The number of aryl methyl sites for hydroxylation is 1. The summed E-state index contributed by atoms with van der Waals surface area (Å²) in [4.78, 5) is 4.37. The molecule has 0 spiro atoms. The molecule has 2 aromatic heterocycles. The SMILES string of the molecule is Cc1cc2c(NCCc3ccc(Cl)cc3)nccn2n1. The predicted octanol–water partition coefficient (Wildman–Crippen LogP) is 3.35. The van der Waals surface area contributed by atoms with Crippen molar-refractivity contribution in [1.82, 2.24) is 14.6 Å².